The van der Waals surface area contributed by atoms with Gasteiger partial charge in [0.2, 0.25) is 5.91 Å². The highest BCUT2D eigenvalue weighted by Crippen LogP contribution is 2.36. The van der Waals surface area contributed by atoms with Crippen molar-refractivity contribution in [3.63, 3.8) is 0 Å². The molecule has 8 heteroatoms. The van der Waals surface area contributed by atoms with Crippen molar-refractivity contribution in [1.29, 1.82) is 0 Å². The lowest BCUT2D eigenvalue weighted by Gasteiger charge is -2.20. The van der Waals surface area contributed by atoms with Crippen LogP contribution in [-0.2, 0) is 4.79 Å². The average molecular weight is 362 g/mol. The molecule has 2 aromatic carbocycles. The van der Waals surface area contributed by atoms with Crippen LogP contribution in [0, 0.1) is 10.1 Å². The summed E-state index contributed by atoms with van der Waals surface area (Å²) in [6.07, 6.45) is 1.30. The number of amides is 1. The van der Waals surface area contributed by atoms with Crippen molar-refractivity contribution < 1.29 is 14.5 Å². The molecule has 2 aromatic rings. The van der Waals surface area contributed by atoms with Gasteiger partial charge in [-0.25, -0.2) is 0 Å². The maximum Gasteiger partial charge on any atom is 0.294 e. The first-order valence-corrected chi connectivity index (χ1v) is 8.07. The van der Waals surface area contributed by atoms with Gasteiger partial charge in [0.05, 0.1) is 17.7 Å². The van der Waals surface area contributed by atoms with E-state index in [-0.39, 0.29) is 16.6 Å². The number of carbonyl (C=O) groups is 1. The Kier molecular flexibility index (Phi) is 4.76. The summed E-state index contributed by atoms with van der Waals surface area (Å²) >= 11 is 5.84. The second-order valence-electron chi connectivity index (χ2n) is 5.58. The zero-order valence-electron chi connectivity index (χ0n) is 13.5. The molecule has 1 N–H and O–H groups in total. The van der Waals surface area contributed by atoms with E-state index in [0.717, 1.165) is 6.42 Å². The molecule has 0 unspecified atom stereocenters. The van der Waals surface area contributed by atoms with Gasteiger partial charge in [-0.3, -0.25) is 14.9 Å². The van der Waals surface area contributed by atoms with E-state index in [9.17, 15) is 14.9 Å². The standard InChI is InChI=1S/C17H16ClN3O4/c1-25-16-7-5-12(10-15(16)20-8-2-3-17(20)22)19-13-6-4-11(18)9-14(13)21(23)24/h4-7,9-10,19H,2-3,8H2,1H3. The molecule has 0 aromatic heterocycles. The van der Waals surface area contributed by atoms with E-state index in [4.69, 9.17) is 16.3 Å². The van der Waals surface area contributed by atoms with Crippen molar-refractivity contribution in [2.45, 2.75) is 12.8 Å². The fourth-order valence-corrected chi connectivity index (χ4v) is 2.96. The first-order valence-electron chi connectivity index (χ1n) is 7.69. The number of benzene rings is 2. The summed E-state index contributed by atoms with van der Waals surface area (Å²) < 4.78 is 5.34. The Morgan fingerprint density at radius 2 is 2.08 bits per heavy atom. The van der Waals surface area contributed by atoms with E-state index in [1.165, 1.54) is 13.2 Å². The van der Waals surface area contributed by atoms with Crippen LogP contribution >= 0.6 is 11.6 Å². The molecule has 1 fully saturated rings. The number of rotatable bonds is 5. The van der Waals surface area contributed by atoms with E-state index in [1.54, 1.807) is 35.2 Å². The number of ether oxygens (including phenoxy) is 1. The van der Waals surface area contributed by atoms with Crippen molar-refractivity contribution in [3.05, 3.63) is 51.5 Å². The van der Waals surface area contributed by atoms with Crippen molar-refractivity contribution in [2.24, 2.45) is 0 Å². The van der Waals surface area contributed by atoms with Crippen LogP contribution < -0.4 is 15.0 Å². The normalized spacial score (nSPS) is 13.8. The highest BCUT2D eigenvalue weighted by molar-refractivity contribution is 6.30. The van der Waals surface area contributed by atoms with E-state index in [1.807, 2.05) is 0 Å². The Bertz CT molecular complexity index is 841. The summed E-state index contributed by atoms with van der Waals surface area (Å²) in [7, 11) is 1.54. The van der Waals surface area contributed by atoms with E-state index in [2.05, 4.69) is 5.32 Å². The summed E-state index contributed by atoms with van der Waals surface area (Å²) in [6.45, 7) is 0.625. The molecule has 0 spiro atoms. The third-order valence-corrected chi connectivity index (χ3v) is 4.21. The maximum atomic E-state index is 12.0. The van der Waals surface area contributed by atoms with Crippen molar-refractivity contribution in [1.82, 2.24) is 0 Å². The van der Waals surface area contributed by atoms with Gasteiger partial charge >= 0.3 is 0 Å². The van der Waals surface area contributed by atoms with Crippen molar-refractivity contribution in [3.8, 4) is 5.75 Å². The highest BCUT2D eigenvalue weighted by atomic mass is 35.5. The number of nitro benzene ring substituents is 1. The lowest BCUT2D eigenvalue weighted by Crippen LogP contribution is -2.24. The van der Waals surface area contributed by atoms with Gasteiger partial charge in [0.1, 0.15) is 11.4 Å². The zero-order valence-corrected chi connectivity index (χ0v) is 14.2. The maximum absolute atomic E-state index is 12.0. The predicted octanol–water partition coefficient (Wildman–Crippen LogP) is 4.13. The van der Waals surface area contributed by atoms with Gasteiger partial charge in [-0.15, -0.1) is 0 Å². The molecule has 0 saturated carbocycles. The van der Waals surface area contributed by atoms with Crippen LogP contribution in [0.1, 0.15) is 12.8 Å². The number of nitro groups is 1. The summed E-state index contributed by atoms with van der Waals surface area (Å²) in [6, 6.07) is 9.63. The van der Waals surface area contributed by atoms with Crippen molar-refractivity contribution in [2.75, 3.05) is 23.9 Å². The average Bonchev–Trinajstić information content (AvgIpc) is 3.02. The van der Waals surface area contributed by atoms with Gasteiger partial charge < -0.3 is 15.0 Å². The molecule has 1 aliphatic heterocycles. The molecule has 130 valence electrons. The molecule has 1 saturated heterocycles. The zero-order chi connectivity index (χ0) is 18.0. The van der Waals surface area contributed by atoms with Gasteiger partial charge in [-0.05, 0) is 36.8 Å². The summed E-state index contributed by atoms with van der Waals surface area (Å²) in [4.78, 5) is 24.4. The van der Waals surface area contributed by atoms with E-state index >= 15 is 0 Å². The SMILES string of the molecule is COc1ccc(Nc2ccc(Cl)cc2[N+](=O)[O-])cc1N1CCCC1=O. The van der Waals surface area contributed by atoms with Gasteiger partial charge in [0.25, 0.3) is 5.69 Å². The van der Waals surface area contributed by atoms with Gasteiger partial charge in [-0.1, -0.05) is 11.6 Å². The smallest absolute Gasteiger partial charge is 0.294 e. The second-order valence-corrected chi connectivity index (χ2v) is 6.02. The number of hydrogen-bond acceptors (Lipinski definition) is 5. The van der Waals surface area contributed by atoms with Crippen LogP contribution in [0.4, 0.5) is 22.7 Å². The number of halogens is 1. The Morgan fingerprint density at radius 1 is 1.28 bits per heavy atom. The monoisotopic (exact) mass is 361 g/mol. The molecule has 0 bridgehead atoms. The van der Waals surface area contributed by atoms with Crippen molar-refractivity contribution >= 4 is 40.3 Å². The van der Waals surface area contributed by atoms with Gasteiger partial charge in [0, 0.05) is 29.7 Å². The quantitative estimate of drug-likeness (QED) is 0.639. The van der Waals surface area contributed by atoms with Crippen LogP contribution in [0.5, 0.6) is 5.75 Å². The summed E-state index contributed by atoms with van der Waals surface area (Å²) in [5.41, 5.74) is 1.45. The number of nitrogens with one attached hydrogen (secondary N) is 1. The van der Waals surface area contributed by atoms with Crippen LogP contribution in [0.25, 0.3) is 0 Å². The van der Waals surface area contributed by atoms with Crippen LogP contribution in [0.15, 0.2) is 36.4 Å². The fourth-order valence-electron chi connectivity index (χ4n) is 2.80. The first-order chi connectivity index (χ1) is 12.0. The number of nitrogens with zero attached hydrogens (tertiary/aromatic N) is 2. The molecule has 25 heavy (non-hydrogen) atoms. The third-order valence-electron chi connectivity index (χ3n) is 3.98. The topological polar surface area (TPSA) is 84.7 Å². The molecule has 0 atom stereocenters. The molecular weight excluding hydrogens is 346 g/mol. The highest BCUT2D eigenvalue weighted by Gasteiger charge is 2.25. The number of carbonyl (C=O) groups excluding carboxylic acids is 1. The predicted molar refractivity (Wildman–Crippen MR) is 96.0 cm³/mol. The Labute approximate surface area is 149 Å². The first kappa shape index (κ1) is 17.0. The second kappa shape index (κ2) is 6.98. The minimum Gasteiger partial charge on any atom is -0.495 e. The molecule has 1 amide bonds. The van der Waals surface area contributed by atoms with Crippen LogP contribution in [-0.4, -0.2) is 24.5 Å². The largest absolute Gasteiger partial charge is 0.495 e. The molecule has 1 heterocycles. The van der Waals surface area contributed by atoms with Crippen LogP contribution in [0.3, 0.4) is 0 Å². The lowest BCUT2D eigenvalue weighted by atomic mass is 10.2. The Balaban J connectivity index is 1.96. The fraction of sp³-hybridized carbons (Fsp3) is 0.235. The summed E-state index contributed by atoms with van der Waals surface area (Å²) in [5, 5.41) is 14.5. The Hall–Kier alpha value is -2.80. The molecule has 0 aliphatic carbocycles. The minimum atomic E-state index is -0.497. The number of hydrogen-bond donors (Lipinski definition) is 1. The minimum absolute atomic E-state index is 0.0351. The molecular formula is C17H16ClN3O4. The van der Waals surface area contributed by atoms with E-state index in [0.29, 0.717) is 35.8 Å². The molecule has 0 radical (unpaired) electrons. The van der Waals surface area contributed by atoms with Gasteiger partial charge in [0.15, 0.2) is 0 Å². The third kappa shape index (κ3) is 3.51. The molecule has 3 rings (SSSR count). The summed E-state index contributed by atoms with van der Waals surface area (Å²) in [5.74, 6) is 0.610. The lowest BCUT2D eigenvalue weighted by molar-refractivity contribution is -0.383. The molecule has 7 nitrogen and oxygen atoms in total. The van der Waals surface area contributed by atoms with Gasteiger partial charge in [-0.2, -0.15) is 0 Å². The Morgan fingerprint density at radius 3 is 2.72 bits per heavy atom. The molecule has 1 aliphatic rings. The number of anilines is 3. The van der Waals surface area contributed by atoms with Crippen LogP contribution in [0.2, 0.25) is 5.02 Å². The van der Waals surface area contributed by atoms with E-state index < -0.39 is 4.92 Å². The number of methoxy groups -OCH3 is 1.